The molecule has 1 aliphatic heterocycles. The third-order valence-corrected chi connectivity index (χ3v) is 1.24. The number of carboxylic acids is 1. The second-order valence-electron chi connectivity index (χ2n) is 2.01. The molecule has 1 rings (SSSR count). The first-order valence-corrected chi connectivity index (χ1v) is 2.90. The number of aliphatic carboxylic acids is 1. The van der Waals surface area contributed by atoms with Gasteiger partial charge in [-0.1, -0.05) is 5.16 Å². The maximum atomic E-state index is 10.2. The third-order valence-electron chi connectivity index (χ3n) is 1.24. The van der Waals surface area contributed by atoms with Crippen LogP contribution >= 0.6 is 12.4 Å². The van der Waals surface area contributed by atoms with Gasteiger partial charge in [0, 0.05) is 13.0 Å². The molecule has 1 aliphatic rings. The van der Waals surface area contributed by atoms with E-state index in [2.05, 4.69) is 9.99 Å². The summed E-state index contributed by atoms with van der Waals surface area (Å²) in [5, 5.41) is 11.7. The van der Waals surface area contributed by atoms with E-state index in [-0.39, 0.29) is 24.2 Å². The fourth-order valence-electron chi connectivity index (χ4n) is 0.681. The second kappa shape index (κ2) is 4.15. The fourth-order valence-corrected chi connectivity index (χ4v) is 0.681. The van der Waals surface area contributed by atoms with Crippen LogP contribution in [-0.2, 0) is 9.63 Å². The smallest absolute Gasteiger partial charge is 0.353 e. The average Bonchev–Trinajstić information content (AvgIpc) is 2.34. The maximum absolute atomic E-state index is 10.2. The Hall–Kier alpha value is -0.810. The molecular formula is C5H9ClN2O3. The number of rotatable bonds is 2. The van der Waals surface area contributed by atoms with Crippen LogP contribution in [0.15, 0.2) is 5.16 Å². The van der Waals surface area contributed by atoms with Crippen molar-refractivity contribution in [2.75, 3.05) is 6.54 Å². The maximum Gasteiger partial charge on any atom is 0.353 e. The molecule has 0 radical (unpaired) electrons. The van der Waals surface area contributed by atoms with Crippen LogP contribution in [0.4, 0.5) is 0 Å². The molecule has 1 heterocycles. The Bertz CT molecular complexity index is 183. The molecule has 0 aromatic rings. The molecule has 0 bridgehead atoms. The van der Waals surface area contributed by atoms with Crippen LogP contribution in [0.2, 0.25) is 0 Å². The Morgan fingerprint density at radius 2 is 2.55 bits per heavy atom. The highest BCUT2D eigenvalue weighted by Crippen LogP contribution is 2.08. The first kappa shape index (κ1) is 10.2. The first-order chi connectivity index (χ1) is 4.74. The monoisotopic (exact) mass is 180 g/mol. The number of oxime groups is 1. The predicted molar refractivity (Wildman–Crippen MR) is 40.9 cm³/mol. The molecule has 0 saturated heterocycles. The van der Waals surface area contributed by atoms with Gasteiger partial charge >= 0.3 is 5.97 Å². The fraction of sp³-hybridized carbons (Fsp3) is 0.600. The van der Waals surface area contributed by atoms with E-state index >= 15 is 0 Å². The molecule has 64 valence electrons. The number of hydrogen-bond acceptors (Lipinski definition) is 4. The van der Waals surface area contributed by atoms with Crippen molar-refractivity contribution in [3.8, 4) is 0 Å². The van der Waals surface area contributed by atoms with E-state index in [9.17, 15) is 4.79 Å². The quantitative estimate of drug-likeness (QED) is 0.606. The van der Waals surface area contributed by atoms with Gasteiger partial charge in [-0.3, -0.25) is 0 Å². The minimum absolute atomic E-state index is 0. The molecule has 0 spiro atoms. The largest absolute Gasteiger partial charge is 0.477 e. The summed E-state index contributed by atoms with van der Waals surface area (Å²) in [6.45, 7) is 0.306. The van der Waals surface area contributed by atoms with Gasteiger partial charge in [0.25, 0.3) is 0 Å². The highest BCUT2D eigenvalue weighted by atomic mass is 35.5. The SMILES string of the molecule is Cl.NCC1CC(C(=O)O)=NO1. The van der Waals surface area contributed by atoms with Crippen molar-refractivity contribution in [2.24, 2.45) is 10.9 Å². The molecule has 0 aromatic carbocycles. The van der Waals surface area contributed by atoms with Crippen molar-refractivity contribution in [1.29, 1.82) is 0 Å². The standard InChI is InChI=1S/C5H8N2O3.ClH/c6-2-3-1-4(5(8)9)7-10-3;/h3H,1-2,6H2,(H,8,9);1H. The lowest BCUT2D eigenvalue weighted by molar-refractivity contribution is -0.129. The molecule has 0 saturated carbocycles. The predicted octanol–water partition coefficient (Wildman–Crippen LogP) is -0.404. The summed E-state index contributed by atoms with van der Waals surface area (Å²) in [5.74, 6) is -1.03. The lowest BCUT2D eigenvalue weighted by atomic mass is 10.2. The Morgan fingerprint density at radius 1 is 1.91 bits per heavy atom. The first-order valence-electron chi connectivity index (χ1n) is 2.90. The van der Waals surface area contributed by atoms with E-state index in [1.807, 2.05) is 0 Å². The summed E-state index contributed by atoms with van der Waals surface area (Å²) in [4.78, 5) is 14.9. The summed E-state index contributed by atoms with van der Waals surface area (Å²) in [5.41, 5.74) is 5.26. The Kier molecular flexibility index (Phi) is 3.84. The van der Waals surface area contributed by atoms with E-state index in [0.717, 1.165) is 0 Å². The highest BCUT2D eigenvalue weighted by molar-refractivity contribution is 6.35. The second-order valence-corrected chi connectivity index (χ2v) is 2.01. The molecule has 11 heavy (non-hydrogen) atoms. The van der Waals surface area contributed by atoms with Gasteiger partial charge in [0.15, 0.2) is 5.71 Å². The van der Waals surface area contributed by atoms with Gasteiger partial charge < -0.3 is 15.7 Å². The number of carbonyl (C=O) groups is 1. The number of nitrogens with two attached hydrogens (primary N) is 1. The van der Waals surface area contributed by atoms with E-state index in [0.29, 0.717) is 13.0 Å². The van der Waals surface area contributed by atoms with Crippen molar-refractivity contribution in [3.05, 3.63) is 0 Å². The minimum atomic E-state index is -1.03. The molecule has 1 atom stereocenters. The Morgan fingerprint density at radius 3 is 2.82 bits per heavy atom. The summed E-state index contributed by atoms with van der Waals surface area (Å²) in [6.07, 6.45) is 0.0670. The summed E-state index contributed by atoms with van der Waals surface area (Å²) in [6, 6.07) is 0. The zero-order chi connectivity index (χ0) is 7.56. The topological polar surface area (TPSA) is 84.9 Å². The van der Waals surface area contributed by atoms with Crippen LogP contribution in [0, 0.1) is 0 Å². The van der Waals surface area contributed by atoms with Crippen molar-refractivity contribution >= 4 is 24.1 Å². The van der Waals surface area contributed by atoms with Crippen molar-refractivity contribution in [2.45, 2.75) is 12.5 Å². The molecule has 6 heteroatoms. The van der Waals surface area contributed by atoms with Crippen molar-refractivity contribution in [3.63, 3.8) is 0 Å². The summed E-state index contributed by atoms with van der Waals surface area (Å²) >= 11 is 0. The van der Waals surface area contributed by atoms with E-state index in [4.69, 9.17) is 10.8 Å². The van der Waals surface area contributed by atoms with Crippen LogP contribution < -0.4 is 5.73 Å². The average molecular weight is 181 g/mol. The highest BCUT2D eigenvalue weighted by Gasteiger charge is 2.23. The van der Waals surface area contributed by atoms with Crippen molar-refractivity contribution < 1.29 is 14.7 Å². The van der Waals surface area contributed by atoms with Gasteiger partial charge in [-0.05, 0) is 0 Å². The molecule has 0 amide bonds. The van der Waals surface area contributed by atoms with E-state index in [1.165, 1.54) is 0 Å². The van der Waals surface area contributed by atoms with Crippen LogP contribution in [0.1, 0.15) is 6.42 Å². The number of nitrogens with zero attached hydrogens (tertiary/aromatic N) is 1. The van der Waals surface area contributed by atoms with Gasteiger partial charge in [0.05, 0.1) is 0 Å². The molecule has 5 nitrogen and oxygen atoms in total. The van der Waals surface area contributed by atoms with Gasteiger partial charge in [-0.25, -0.2) is 4.79 Å². The van der Waals surface area contributed by atoms with Crippen LogP contribution in [0.3, 0.4) is 0 Å². The number of carboxylic acid groups (broad SMARTS) is 1. The van der Waals surface area contributed by atoms with Crippen LogP contribution in [0.5, 0.6) is 0 Å². The number of halogens is 1. The lowest BCUT2D eigenvalue weighted by Gasteiger charge is -2.00. The summed E-state index contributed by atoms with van der Waals surface area (Å²) < 4.78 is 0. The van der Waals surface area contributed by atoms with Crippen molar-refractivity contribution in [1.82, 2.24) is 0 Å². The van der Waals surface area contributed by atoms with Crippen LogP contribution in [-0.4, -0.2) is 29.4 Å². The third kappa shape index (κ3) is 2.36. The van der Waals surface area contributed by atoms with E-state index in [1.54, 1.807) is 0 Å². The summed E-state index contributed by atoms with van der Waals surface area (Å²) in [7, 11) is 0. The Balaban J connectivity index is 0.000001000. The number of hydrogen-bond donors (Lipinski definition) is 2. The van der Waals surface area contributed by atoms with Crippen LogP contribution in [0.25, 0.3) is 0 Å². The van der Waals surface area contributed by atoms with Gasteiger partial charge in [-0.15, -0.1) is 12.4 Å². The van der Waals surface area contributed by atoms with Gasteiger partial charge in [0.2, 0.25) is 0 Å². The molecule has 0 fully saturated rings. The normalized spacial score (nSPS) is 21.5. The lowest BCUT2D eigenvalue weighted by Crippen LogP contribution is -2.21. The molecule has 0 aliphatic carbocycles. The van der Waals surface area contributed by atoms with Gasteiger partial charge in [-0.2, -0.15) is 0 Å². The molecule has 1 unspecified atom stereocenters. The zero-order valence-corrected chi connectivity index (χ0v) is 6.50. The molecule has 0 aromatic heterocycles. The minimum Gasteiger partial charge on any atom is -0.477 e. The van der Waals surface area contributed by atoms with E-state index < -0.39 is 5.97 Å². The Labute approximate surface area is 69.6 Å². The zero-order valence-electron chi connectivity index (χ0n) is 5.69. The molecular weight excluding hydrogens is 172 g/mol. The van der Waals surface area contributed by atoms with Gasteiger partial charge in [0.1, 0.15) is 6.10 Å². The molecule has 3 N–H and O–H groups in total.